The summed E-state index contributed by atoms with van der Waals surface area (Å²) in [4.78, 5) is 19.3. The smallest absolute Gasteiger partial charge is 0.184 e. The van der Waals surface area contributed by atoms with E-state index < -0.39 is 5.54 Å². The fraction of sp³-hybridized carbons (Fsp3) is 0.632. The van der Waals surface area contributed by atoms with Crippen molar-refractivity contribution in [2.45, 2.75) is 17.4 Å². The second-order valence-electron chi connectivity index (χ2n) is 6.82. The molecule has 2 aliphatic rings. The van der Waals surface area contributed by atoms with Gasteiger partial charge in [0.05, 0.1) is 32.0 Å². The maximum Gasteiger partial charge on any atom is 0.184 e. The van der Waals surface area contributed by atoms with E-state index in [1.54, 1.807) is 11.8 Å². The lowest BCUT2D eigenvalue weighted by atomic mass is 9.88. The third kappa shape index (κ3) is 4.44. The SMILES string of the molecule is CSc1ccc(C(=O)C(C)(CN2CCOCC2)N2CCOCC2)cc1. The van der Waals surface area contributed by atoms with E-state index in [1.807, 2.05) is 30.5 Å². The fourth-order valence-electron chi connectivity index (χ4n) is 3.62. The van der Waals surface area contributed by atoms with Crippen molar-refractivity contribution in [3.8, 4) is 0 Å². The average Bonchev–Trinajstić information content (AvgIpc) is 2.69. The molecule has 1 atom stereocenters. The molecule has 6 heteroatoms. The van der Waals surface area contributed by atoms with Crippen LogP contribution in [0.1, 0.15) is 17.3 Å². The minimum Gasteiger partial charge on any atom is -0.379 e. The first-order valence-corrected chi connectivity index (χ1v) is 10.2. The molecule has 0 N–H and O–H groups in total. The summed E-state index contributed by atoms with van der Waals surface area (Å²) in [6, 6.07) is 8.00. The Morgan fingerprint density at radius 1 is 1.04 bits per heavy atom. The lowest BCUT2D eigenvalue weighted by molar-refractivity contribution is -0.0332. The van der Waals surface area contributed by atoms with Crippen LogP contribution < -0.4 is 0 Å². The molecule has 2 fully saturated rings. The van der Waals surface area contributed by atoms with E-state index in [2.05, 4.69) is 16.7 Å². The van der Waals surface area contributed by atoms with Crippen molar-refractivity contribution in [3.63, 3.8) is 0 Å². The molecule has 1 unspecified atom stereocenters. The number of hydrogen-bond donors (Lipinski definition) is 0. The van der Waals surface area contributed by atoms with Crippen molar-refractivity contribution in [1.29, 1.82) is 0 Å². The molecular weight excluding hydrogens is 336 g/mol. The number of benzene rings is 1. The molecule has 0 bridgehead atoms. The Bertz CT molecular complexity index is 569. The van der Waals surface area contributed by atoms with Crippen LogP contribution in [0.5, 0.6) is 0 Å². The third-order valence-corrected chi connectivity index (χ3v) is 5.93. The number of rotatable bonds is 6. The molecule has 3 rings (SSSR count). The van der Waals surface area contributed by atoms with Gasteiger partial charge >= 0.3 is 0 Å². The predicted octanol–water partition coefficient (Wildman–Crippen LogP) is 2.01. The molecule has 138 valence electrons. The standard InChI is InChI=1S/C19H28N2O3S/c1-19(21-9-13-24-14-10-21,15-20-7-11-23-12-8-20)18(22)16-3-5-17(25-2)6-4-16/h3-6H,7-15H2,1-2H3. The minimum absolute atomic E-state index is 0.202. The van der Waals surface area contributed by atoms with Gasteiger partial charge in [-0.2, -0.15) is 0 Å². The summed E-state index contributed by atoms with van der Waals surface area (Å²) < 4.78 is 11.0. The highest BCUT2D eigenvalue weighted by Gasteiger charge is 2.42. The van der Waals surface area contributed by atoms with Gasteiger partial charge in [0.2, 0.25) is 0 Å². The van der Waals surface area contributed by atoms with Gasteiger partial charge < -0.3 is 9.47 Å². The van der Waals surface area contributed by atoms with E-state index in [0.717, 1.165) is 51.5 Å². The second kappa shape index (κ2) is 8.64. The minimum atomic E-state index is -0.540. The van der Waals surface area contributed by atoms with Crippen LogP contribution in [-0.2, 0) is 9.47 Å². The molecule has 0 amide bonds. The third-order valence-electron chi connectivity index (χ3n) is 5.19. The van der Waals surface area contributed by atoms with Gasteiger partial charge in [-0.1, -0.05) is 12.1 Å². The topological polar surface area (TPSA) is 42.0 Å². The summed E-state index contributed by atoms with van der Waals surface area (Å²) in [5.74, 6) is 0.202. The number of morpholine rings is 2. The molecule has 2 saturated heterocycles. The van der Waals surface area contributed by atoms with Crippen LogP contribution in [0.3, 0.4) is 0 Å². The van der Waals surface area contributed by atoms with Gasteiger partial charge in [-0.05, 0) is 25.3 Å². The summed E-state index contributed by atoms with van der Waals surface area (Å²) in [6.07, 6.45) is 2.05. The van der Waals surface area contributed by atoms with Crippen molar-refractivity contribution in [1.82, 2.24) is 9.80 Å². The zero-order valence-electron chi connectivity index (χ0n) is 15.2. The summed E-state index contributed by atoms with van der Waals surface area (Å²) in [5, 5.41) is 0. The van der Waals surface area contributed by atoms with Crippen LogP contribution in [0.15, 0.2) is 29.2 Å². The van der Waals surface area contributed by atoms with Crippen LogP contribution in [0.4, 0.5) is 0 Å². The van der Waals surface area contributed by atoms with E-state index in [-0.39, 0.29) is 5.78 Å². The second-order valence-corrected chi connectivity index (χ2v) is 7.70. The number of carbonyl (C=O) groups excluding carboxylic acids is 1. The first-order chi connectivity index (χ1) is 12.1. The van der Waals surface area contributed by atoms with Crippen molar-refractivity contribution in [2.24, 2.45) is 0 Å². The summed E-state index contributed by atoms with van der Waals surface area (Å²) in [7, 11) is 0. The number of nitrogens with zero attached hydrogens (tertiary/aromatic N) is 2. The van der Waals surface area contributed by atoms with Gasteiger partial charge in [0.15, 0.2) is 5.78 Å². The highest BCUT2D eigenvalue weighted by atomic mass is 32.2. The van der Waals surface area contributed by atoms with Crippen LogP contribution in [0.2, 0.25) is 0 Å². The van der Waals surface area contributed by atoms with Gasteiger partial charge in [-0.25, -0.2) is 0 Å². The van der Waals surface area contributed by atoms with Crippen LogP contribution in [0, 0.1) is 0 Å². The molecule has 2 aliphatic heterocycles. The van der Waals surface area contributed by atoms with E-state index in [1.165, 1.54) is 4.90 Å². The highest BCUT2D eigenvalue weighted by Crippen LogP contribution is 2.26. The molecule has 1 aromatic carbocycles. The quantitative estimate of drug-likeness (QED) is 0.568. The monoisotopic (exact) mass is 364 g/mol. The maximum absolute atomic E-state index is 13.5. The van der Waals surface area contributed by atoms with Gasteiger partial charge in [-0.3, -0.25) is 14.6 Å². The van der Waals surface area contributed by atoms with Crippen molar-refractivity contribution < 1.29 is 14.3 Å². The van der Waals surface area contributed by atoms with Crippen molar-refractivity contribution >= 4 is 17.5 Å². The van der Waals surface area contributed by atoms with E-state index in [0.29, 0.717) is 13.2 Å². The van der Waals surface area contributed by atoms with Crippen molar-refractivity contribution in [2.75, 3.05) is 65.4 Å². The fourth-order valence-corrected chi connectivity index (χ4v) is 4.03. The number of hydrogen-bond acceptors (Lipinski definition) is 6. The molecule has 0 radical (unpaired) electrons. The molecule has 25 heavy (non-hydrogen) atoms. The van der Waals surface area contributed by atoms with Gasteiger partial charge in [-0.15, -0.1) is 11.8 Å². The van der Waals surface area contributed by atoms with E-state index in [9.17, 15) is 4.79 Å². The number of ether oxygens (including phenoxy) is 2. The lowest BCUT2D eigenvalue weighted by Crippen LogP contribution is -2.62. The Hall–Kier alpha value is -0.920. The van der Waals surface area contributed by atoms with Crippen LogP contribution in [-0.4, -0.2) is 86.5 Å². The molecule has 1 aromatic rings. The molecule has 2 heterocycles. The molecule has 0 aliphatic carbocycles. The van der Waals surface area contributed by atoms with Crippen LogP contribution in [0.25, 0.3) is 0 Å². The van der Waals surface area contributed by atoms with Gasteiger partial charge in [0.1, 0.15) is 0 Å². The van der Waals surface area contributed by atoms with Gasteiger partial charge in [0.25, 0.3) is 0 Å². The Balaban J connectivity index is 1.83. The molecular formula is C19H28N2O3S. The Morgan fingerprint density at radius 2 is 1.60 bits per heavy atom. The van der Waals surface area contributed by atoms with Gasteiger partial charge in [0, 0.05) is 43.2 Å². The van der Waals surface area contributed by atoms with Crippen LogP contribution >= 0.6 is 11.8 Å². The number of ketones is 1. The zero-order chi connectivity index (χ0) is 17.7. The largest absolute Gasteiger partial charge is 0.379 e. The summed E-state index contributed by atoms with van der Waals surface area (Å²) in [6.45, 7) is 9.08. The normalized spacial score (nSPS) is 22.5. The Morgan fingerprint density at radius 3 is 2.16 bits per heavy atom. The number of Topliss-reactive ketones (excluding diaryl/α,β-unsaturated/α-hetero) is 1. The summed E-state index contributed by atoms with van der Waals surface area (Å²) in [5.41, 5.74) is 0.252. The molecule has 0 spiro atoms. The number of thioether (sulfide) groups is 1. The van der Waals surface area contributed by atoms with E-state index >= 15 is 0 Å². The first-order valence-electron chi connectivity index (χ1n) is 8.95. The molecule has 0 saturated carbocycles. The predicted molar refractivity (Wildman–Crippen MR) is 101 cm³/mol. The Kier molecular flexibility index (Phi) is 6.52. The average molecular weight is 365 g/mol. The zero-order valence-corrected chi connectivity index (χ0v) is 16.0. The molecule has 5 nitrogen and oxygen atoms in total. The lowest BCUT2D eigenvalue weighted by Gasteiger charge is -2.45. The summed E-state index contributed by atoms with van der Waals surface area (Å²) >= 11 is 1.69. The van der Waals surface area contributed by atoms with Crippen molar-refractivity contribution in [3.05, 3.63) is 29.8 Å². The van der Waals surface area contributed by atoms with E-state index in [4.69, 9.17) is 9.47 Å². The Labute approximate surface area is 154 Å². The first kappa shape index (κ1) is 18.9. The highest BCUT2D eigenvalue weighted by molar-refractivity contribution is 7.98. The maximum atomic E-state index is 13.5. The molecule has 0 aromatic heterocycles. The number of carbonyl (C=O) groups is 1.